The number of nitrogens with one attached hydrogen (secondary N) is 2. The highest BCUT2D eigenvalue weighted by Crippen LogP contribution is 2.21. The van der Waals surface area contributed by atoms with Crippen molar-refractivity contribution in [2.24, 2.45) is 16.6 Å². The fraction of sp³-hybridized carbons (Fsp3) is 0.609. The van der Waals surface area contributed by atoms with Crippen LogP contribution in [-0.4, -0.2) is 62.4 Å². The number of carbonyl (C=O) groups is 2. The fourth-order valence-corrected chi connectivity index (χ4v) is 4.23. The summed E-state index contributed by atoms with van der Waals surface area (Å²) in [7, 11) is 1.78. The van der Waals surface area contributed by atoms with Crippen molar-refractivity contribution in [3.05, 3.63) is 29.8 Å². The monoisotopic (exact) mass is 428 g/mol. The number of unbranched alkanes of at least 4 members (excludes halogenated alkanes) is 1. The first kappa shape index (κ1) is 23.1. The quantitative estimate of drug-likeness (QED) is 0.314. The van der Waals surface area contributed by atoms with Gasteiger partial charge in [-0.05, 0) is 69.4 Å². The molecule has 2 heterocycles. The maximum Gasteiger partial charge on any atom is 0.227 e. The molecule has 0 bridgehead atoms. The zero-order valence-corrected chi connectivity index (χ0v) is 18.6. The van der Waals surface area contributed by atoms with Crippen LogP contribution >= 0.6 is 0 Å². The van der Waals surface area contributed by atoms with Gasteiger partial charge in [0.15, 0.2) is 5.96 Å². The smallest absolute Gasteiger partial charge is 0.227 e. The number of rotatable bonds is 9. The van der Waals surface area contributed by atoms with E-state index < -0.39 is 0 Å². The Labute approximate surface area is 185 Å². The van der Waals surface area contributed by atoms with Crippen molar-refractivity contribution >= 4 is 23.5 Å². The van der Waals surface area contributed by atoms with Gasteiger partial charge in [0, 0.05) is 44.7 Å². The topological polar surface area (TPSA) is 103 Å². The van der Waals surface area contributed by atoms with E-state index in [4.69, 9.17) is 5.73 Å². The molecular weight excluding hydrogens is 392 g/mol. The number of benzene rings is 1. The number of nitrogens with zero attached hydrogens (tertiary/aromatic N) is 3. The highest BCUT2D eigenvalue weighted by atomic mass is 16.2. The number of piperidine rings is 1. The highest BCUT2D eigenvalue weighted by Gasteiger charge is 2.22. The van der Waals surface area contributed by atoms with Gasteiger partial charge in [-0.15, -0.1) is 0 Å². The number of guanidine groups is 1. The minimum Gasteiger partial charge on any atom is -0.369 e. The van der Waals surface area contributed by atoms with E-state index in [9.17, 15) is 9.59 Å². The van der Waals surface area contributed by atoms with E-state index >= 15 is 0 Å². The SMILES string of the molecule is CN=C(NCCCCN1CCC(C(N)=O)CC1)NCc1ccc(N2CCCC2=O)cc1. The lowest BCUT2D eigenvalue weighted by Crippen LogP contribution is -2.39. The van der Waals surface area contributed by atoms with E-state index in [2.05, 4.69) is 32.7 Å². The van der Waals surface area contributed by atoms with Gasteiger partial charge in [0.05, 0.1) is 0 Å². The fourth-order valence-electron chi connectivity index (χ4n) is 4.23. The molecule has 2 aliphatic rings. The predicted octanol–water partition coefficient (Wildman–Crippen LogP) is 1.46. The molecule has 2 saturated heterocycles. The lowest BCUT2D eigenvalue weighted by molar-refractivity contribution is -0.123. The Kier molecular flexibility index (Phi) is 8.70. The predicted molar refractivity (Wildman–Crippen MR) is 124 cm³/mol. The third-order valence-electron chi connectivity index (χ3n) is 6.19. The molecule has 0 radical (unpaired) electrons. The maximum atomic E-state index is 11.9. The van der Waals surface area contributed by atoms with Crippen LogP contribution in [-0.2, 0) is 16.1 Å². The van der Waals surface area contributed by atoms with Crippen LogP contribution in [0.2, 0.25) is 0 Å². The van der Waals surface area contributed by atoms with Crippen LogP contribution in [0.15, 0.2) is 29.3 Å². The van der Waals surface area contributed by atoms with Crippen molar-refractivity contribution in [3.8, 4) is 0 Å². The summed E-state index contributed by atoms with van der Waals surface area (Å²) in [5.74, 6) is 0.915. The summed E-state index contributed by atoms with van der Waals surface area (Å²) in [6.07, 6.45) is 5.55. The van der Waals surface area contributed by atoms with Crippen LogP contribution < -0.4 is 21.3 Å². The van der Waals surface area contributed by atoms with Crippen molar-refractivity contribution in [2.75, 3.05) is 44.7 Å². The van der Waals surface area contributed by atoms with E-state index in [1.54, 1.807) is 7.05 Å². The van der Waals surface area contributed by atoms with E-state index in [1.807, 2.05) is 17.0 Å². The maximum absolute atomic E-state index is 11.9. The van der Waals surface area contributed by atoms with Crippen molar-refractivity contribution in [1.29, 1.82) is 0 Å². The van der Waals surface area contributed by atoms with Crippen molar-refractivity contribution in [2.45, 2.75) is 45.1 Å². The van der Waals surface area contributed by atoms with Crippen LogP contribution in [0.25, 0.3) is 0 Å². The van der Waals surface area contributed by atoms with E-state index in [0.717, 1.165) is 82.0 Å². The lowest BCUT2D eigenvalue weighted by atomic mass is 9.96. The average Bonchev–Trinajstić information content (AvgIpc) is 3.22. The molecule has 0 unspecified atom stereocenters. The molecule has 1 aromatic carbocycles. The first-order valence-electron chi connectivity index (χ1n) is 11.4. The summed E-state index contributed by atoms with van der Waals surface area (Å²) in [6.45, 7) is 5.36. The van der Waals surface area contributed by atoms with Gasteiger partial charge in [-0.25, -0.2) is 0 Å². The number of hydrogen-bond acceptors (Lipinski definition) is 4. The molecular formula is C23H36N6O2. The minimum atomic E-state index is -0.152. The molecule has 2 aliphatic heterocycles. The Morgan fingerprint density at radius 2 is 1.87 bits per heavy atom. The van der Waals surface area contributed by atoms with Crippen molar-refractivity contribution in [1.82, 2.24) is 15.5 Å². The van der Waals surface area contributed by atoms with Crippen LogP contribution in [0.4, 0.5) is 5.69 Å². The second-order valence-electron chi connectivity index (χ2n) is 8.39. The number of primary amides is 1. The zero-order chi connectivity index (χ0) is 22.1. The number of carbonyl (C=O) groups excluding carboxylic acids is 2. The van der Waals surface area contributed by atoms with E-state index in [0.29, 0.717) is 13.0 Å². The van der Waals surface area contributed by atoms with Gasteiger partial charge in [-0.1, -0.05) is 12.1 Å². The van der Waals surface area contributed by atoms with Gasteiger partial charge in [-0.3, -0.25) is 14.6 Å². The van der Waals surface area contributed by atoms with E-state index in [-0.39, 0.29) is 17.7 Å². The van der Waals surface area contributed by atoms with Crippen LogP contribution in [0, 0.1) is 5.92 Å². The molecule has 8 nitrogen and oxygen atoms in total. The third kappa shape index (κ3) is 6.95. The summed E-state index contributed by atoms with van der Waals surface area (Å²) in [4.78, 5) is 31.7. The van der Waals surface area contributed by atoms with Crippen LogP contribution in [0.1, 0.15) is 44.1 Å². The summed E-state index contributed by atoms with van der Waals surface area (Å²) >= 11 is 0. The van der Waals surface area contributed by atoms with E-state index in [1.165, 1.54) is 0 Å². The van der Waals surface area contributed by atoms with Crippen molar-refractivity contribution in [3.63, 3.8) is 0 Å². The molecule has 0 spiro atoms. The highest BCUT2D eigenvalue weighted by molar-refractivity contribution is 5.95. The Morgan fingerprint density at radius 3 is 2.48 bits per heavy atom. The molecule has 3 rings (SSSR count). The van der Waals surface area contributed by atoms with Gasteiger partial charge >= 0.3 is 0 Å². The van der Waals surface area contributed by atoms with Crippen LogP contribution in [0.5, 0.6) is 0 Å². The lowest BCUT2D eigenvalue weighted by Gasteiger charge is -2.30. The zero-order valence-electron chi connectivity index (χ0n) is 18.6. The first-order valence-corrected chi connectivity index (χ1v) is 11.4. The standard InChI is InChI=1S/C23H36N6O2/c1-25-23(26-12-2-3-13-28-15-10-19(11-16-28)22(24)31)27-17-18-6-8-20(9-7-18)29-14-4-5-21(29)30/h6-9,19H,2-5,10-17H2,1H3,(H2,24,31)(H2,25,26,27). The molecule has 2 fully saturated rings. The molecule has 0 aliphatic carbocycles. The Bertz CT molecular complexity index is 756. The summed E-state index contributed by atoms with van der Waals surface area (Å²) in [5.41, 5.74) is 7.53. The Balaban J connectivity index is 1.29. The third-order valence-corrected chi connectivity index (χ3v) is 6.19. The van der Waals surface area contributed by atoms with Gasteiger partial charge in [0.2, 0.25) is 11.8 Å². The molecule has 0 saturated carbocycles. The number of anilines is 1. The number of hydrogen-bond donors (Lipinski definition) is 3. The Morgan fingerprint density at radius 1 is 1.13 bits per heavy atom. The molecule has 31 heavy (non-hydrogen) atoms. The number of likely N-dealkylation sites (tertiary alicyclic amines) is 1. The molecule has 0 aromatic heterocycles. The minimum absolute atomic E-state index is 0.0613. The molecule has 4 N–H and O–H groups in total. The van der Waals surface area contributed by atoms with Crippen molar-refractivity contribution < 1.29 is 9.59 Å². The number of nitrogens with two attached hydrogens (primary N) is 1. The molecule has 2 amide bonds. The van der Waals surface area contributed by atoms with Gasteiger partial charge in [0.25, 0.3) is 0 Å². The van der Waals surface area contributed by atoms with Crippen LogP contribution in [0.3, 0.4) is 0 Å². The summed E-state index contributed by atoms with van der Waals surface area (Å²) < 4.78 is 0. The second kappa shape index (κ2) is 11.7. The van der Waals surface area contributed by atoms with Gasteiger partial charge in [0.1, 0.15) is 0 Å². The normalized spacial score (nSPS) is 18.4. The molecule has 8 heteroatoms. The molecule has 170 valence electrons. The molecule has 0 atom stereocenters. The number of aliphatic imine (C=N–C) groups is 1. The van der Waals surface area contributed by atoms with Gasteiger partial charge in [-0.2, -0.15) is 0 Å². The summed E-state index contributed by atoms with van der Waals surface area (Å²) in [6, 6.07) is 8.15. The van der Waals surface area contributed by atoms with Gasteiger partial charge < -0.3 is 26.2 Å². The molecule has 1 aromatic rings. The number of amides is 2. The average molecular weight is 429 g/mol. The largest absolute Gasteiger partial charge is 0.369 e. The first-order chi connectivity index (χ1) is 15.1. The Hall–Kier alpha value is -2.61. The second-order valence-corrected chi connectivity index (χ2v) is 8.39. The summed E-state index contributed by atoms with van der Waals surface area (Å²) in [5, 5.41) is 6.71.